The Morgan fingerprint density at radius 1 is 1.16 bits per heavy atom. The molecule has 1 aromatic rings. The molecule has 0 aliphatic rings. The predicted molar refractivity (Wildman–Crippen MR) is 79.1 cm³/mol. The van der Waals surface area contributed by atoms with Gasteiger partial charge in [0.25, 0.3) is 0 Å². The van der Waals surface area contributed by atoms with Gasteiger partial charge in [0, 0.05) is 12.6 Å². The minimum atomic E-state index is -0.523. The van der Waals surface area contributed by atoms with Gasteiger partial charge in [0.15, 0.2) is 0 Å². The van der Waals surface area contributed by atoms with Crippen LogP contribution < -0.4 is 5.32 Å². The molecule has 0 radical (unpaired) electrons. The van der Waals surface area contributed by atoms with Crippen molar-refractivity contribution in [3.05, 3.63) is 35.4 Å². The first-order valence-electron chi connectivity index (χ1n) is 7.19. The van der Waals surface area contributed by atoms with Gasteiger partial charge in [0.1, 0.15) is 0 Å². The third-order valence-corrected chi connectivity index (χ3v) is 3.30. The Hall–Kier alpha value is -0.900. The molecule has 0 aliphatic carbocycles. The topological polar surface area (TPSA) is 52.5 Å². The zero-order valence-electron chi connectivity index (χ0n) is 12.3. The molecule has 0 bridgehead atoms. The molecule has 0 saturated carbocycles. The minimum Gasteiger partial charge on any atom is -0.395 e. The maximum Gasteiger partial charge on any atom is 0.0942 e. The van der Waals surface area contributed by atoms with Gasteiger partial charge in [0.2, 0.25) is 0 Å². The van der Waals surface area contributed by atoms with Crippen LogP contribution in [-0.2, 0) is 6.42 Å². The first-order chi connectivity index (χ1) is 9.08. The number of aliphatic hydroxyl groups is 2. The van der Waals surface area contributed by atoms with E-state index < -0.39 is 6.10 Å². The van der Waals surface area contributed by atoms with Crippen molar-refractivity contribution in [2.45, 2.75) is 45.8 Å². The maximum atomic E-state index is 10.3. The van der Waals surface area contributed by atoms with Crippen molar-refractivity contribution in [1.29, 1.82) is 0 Å². The molecule has 0 aliphatic heterocycles. The summed E-state index contributed by atoms with van der Waals surface area (Å²) in [5, 5.41) is 22.3. The van der Waals surface area contributed by atoms with Gasteiger partial charge in [0.05, 0.1) is 12.7 Å². The summed E-state index contributed by atoms with van der Waals surface area (Å²) < 4.78 is 0. The van der Waals surface area contributed by atoms with Crippen LogP contribution in [0.3, 0.4) is 0 Å². The third kappa shape index (κ3) is 5.31. The highest BCUT2D eigenvalue weighted by atomic mass is 16.3. The quantitative estimate of drug-likeness (QED) is 0.676. The summed E-state index contributed by atoms with van der Waals surface area (Å²) in [4.78, 5) is 0. The van der Waals surface area contributed by atoms with Crippen LogP contribution in [-0.4, -0.2) is 29.4 Å². The number of rotatable bonds is 8. The van der Waals surface area contributed by atoms with Crippen molar-refractivity contribution < 1.29 is 10.2 Å². The summed E-state index contributed by atoms with van der Waals surface area (Å²) in [7, 11) is 0. The lowest BCUT2D eigenvalue weighted by Gasteiger charge is -2.23. The summed E-state index contributed by atoms with van der Waals surface area (Å²) in [6, 6.07) is 8.19. The second-order valence-corrected chi connectivity index (χ2v) is 5.48. The van der Waals surface area contributed by atoms with E-state index in [1.165, 1.54) is 5.56 Å². The lowest BCUT2D eigenvalue weighted by atomic mass is 9.96. The van der Waals surface area contributed by atoms with Crippen LogP contribution in [0.25, 0.3) is 0 Å². The molecule has 108 valence electrons. The maximum absolute atomic E-state index is 10.3. The van der Waals surface area contributed by atoms with Gasteiger partial charge in [-0.05, 0) is 29.9 Å². The van der Waals surface area contributed by atoms with E-state index in [0.717, 1.165) is 18.4 Å². The smallest absolute Gasteiger partial charge is 0.0942 e. The predicted octanol–water partition coefficient (Wildman–Crippen LogP) is 2.28. The summed E-state index contributed by atoms with van der Waals surface area (Å²) in [5.74, 6) is 0.644. The fourth-order valence-electron chi connectivity index (χ4n) is 2.28. The van der Waals surface area contributed by atoms with E-state index in [1.807, 2.05) is 19.1 Å². The second-order valence-electron chi connectivity index (χ2n) is 5.48. The van der Waals surface area contributed by atoms with Gasteiger partial charge in [-0.1, -0.05) is 45.0 Å². The molecule has 2 atom stereocenters. The zero-order valence-corrected chi connectivity index (χ0v) is 12.3. The Bertz CT molecular complexity index is 348. The number of hydrogen-bond acceptors (Lipinski definition) is 3. The molecule has 0 saturated heterocycles. The number of aliphatic hydroxyl groups excluding tert-OH is 2. The first kappa shape index (κ1) is 16.2. The molecule has 19 heavy (non-hydrogen) atoms. The number of hydrogen-bond donors (Lipinski definition) is 3. The van der Waals surface area contributed by atoms with Gasteiger partial charge >= 0.3 is 0 Å². The lowest BCUT2D eigenvalue weighted by Crippen LogP contribution is -2.36. The summed E-state index contributed by atoms with van der Waals surface area (Å²) in [5.41, 5.74) is 2.24. The van der Waals surface area contributed by atoms with E-state index in [-0.39, 0.29) is 12.6 Å². The first-order valence-corrected chi connectivity index (χ1v) is 7.19. The zero-order chi connectivity index (χ0) is 14.3. The van der Waals surface area contributed by atoms with E-state index in [2.05, 4.69) is 31.3 Å². The van der Waals surface area contributed by atoms with Crippen molar-refractivity contribution >= 4 is 0 Å². The molecule has 0 heterocycles. The lowest BCUT2D eigenvalue weighted by molar-refractivity contribution is 0.122. The molecule has 0 aromatic heterocycles. The van der Waals surface area contributed by atoms with Gasteiger partial charge in [-0.15, -0.1) is 0 Å². The van der Waals surface area contributed by atoms with Crippen LogP contribution in [0.1, 0.15) is 44.4 Å². The highest BCUT2D eigenvalue weighted by Crippen LogP contribution is 2.20. The molecule has 1 rings (SSSR count). The van der Waals surface area contributed by atoms with Gasteiger partial charge in [-0.2, -0.15) is 0 Å². The molecule has 1 aromatic carbocycles. The molecular formula is C16H27NO2. The summed E-state index contributed by atoms with van der Waals surface area (Å²) in [6.45, 7) is 7.05. The van der Waals surface area contributed by atoms with Crippen molar-refractivity contribution in [2.75, 3.05) is 13.2 Å². The van der Waals surface area contributed by atoms with Crippen molar-refractivity contribution in [3.63, 3.8) is 0 Å². The standard InChI is InChI=1S/C16H27NO2/c1-4-15(17-9-10-18)16(19)14-7-5-13(6-8-14)11-12(2)3/h5-8,12,15-19H,4,9-11H2,1-3H3. The molecule has 3 N–H and O–H groups in total. The molecule has 0 amide bonds. The van der Waals surface area contributed by atoms with Crippen LogP contribution in [0.15, 0.2) is 24.3 Å². The summed E-state index contributed by atoms with van der Waals surface area (Å²) in [6.07, 6.45) is 1.37. The fraction of sp³-hybridized carbons (Fsp3) is 0.625. The van der Waals surface area contributed by atoms with Crippen LogP contribution in [0.2, 0.25) is 0 Å². The Balaban J connectivity index is 2.67. The third-order valence-electron chi connectivity index (χ3n) is 3.30. The average molecular weight is 265 g/mol. The van der Waals surface area contributed by atoms with Gasteiger partial charge in [-0.3, -0.25) is 0 Å². The van der Waals surface area contributed by atoms with E-state index in [9.17, 15) is 5.11 Å². The van der Waals surface area contributed by atoms with Crippen LogP contribution in [0, 0.1) is 5.92 Å². The number of nitrogens with one attached hydrogen (secondary N) is 1. The largest absolute Gasteiger partial charge is 0.395 e. The van der Waals surface area contributed by atoms with Crippen LogP contribution in [0.4, 0.5) is 0 Å². The monoisotopic (exact) mass is 265 g/mol. The van der Waals surface area contributed by atoms with Gasteiger partial charge in [-0.25, -0.2) is 0 Å². The fourth-order valence-corrected chi connectivity index (χ4v) is 2.28. The highest BCUT2D eigenvalue weighted by molar-refractivity contribution is 5.25. The van der Waals surface area contributed by atoms with E-state index in [0.29, 0.717) is 12.5 Å². The van der Waals surface area contributed by atoms with Crippen molar-refractivity contribution in [1.82, 2.24) is 5.32 Å². The van der Waals surface area contributed by atoms with Crippen molar-refractivity contribution in [3.8, 4) is 0 Å². The normalized spacial score (nSPS) is 14.6. The molecular weight excluding hydrogens is 238 g/mol. The minimum absolute atomic E-state index is 0.0110. The molecule has 0 spiro atoms. The van der Waals surface area contributed by atoms with E-state index in [4.69, 9.17) is 5.11 Å². The SMILES string of the molecule is CCC(NCCO)C(O)c1ccc(CC(C)C)cc1. The number of benzene rings is 1. The molecule has 0 fully saturated rings. The Labute approximate surface area is 116 Å². The second kappa shape index (κ2) is 8.31. The Morgan fingerprint density at radius 3 is 2.26 bits per heavy atom. The van der Waals surface area contributed by atoms with Crippen molar-refractivity contribution in [2.24, 2.45) is 5.92 Å². The molecule has 3 heteroatoms. The molecule has 3 nitrogen and oxygen atoms in total. The van der Waals surface area contributed by atoms with Gasteiger partial charge < -0.3 is 15.5 Å². The van der Waals surface area contributed by atoms with E-state index >= 15 is 0 Å². The van der Waals surface area contributed by atoms with Crippen LogP contribution >= 0.6 is 0 Å². The Morgan fingerprint density at radius 2 is 1.79 bits per heavy atom. The highest BCUT2D eigenvalue weighted by Gasteiger charge is 2.18. The Kier molecular flexibility index (Phi) is 7.06. The summed E-state index contributed by atoms with van der Waals surface area (Å²) >= 11 is 0. The van der Waals surface area contributed by atoms with E-state index in [1.54, 1.807) is 0 Å². The van der Waals surface area contributed by atoms with Crippen LogP contribution in [0.5, 0.6) is 0 Å². The molecule has 2 unspecified atom stereocenters. The average Bonchev–Trinajstić information content (AvgIpc) is 2.39.